The van der Waals surface area contributed by atoms with Gasteiger partial charge in [0.25, 0.3) is 5.91 Å². The molecule has 1 N–H and O–H groups in total. The Balaban J connectivity index is 1.93. The summed E-state index contributed by atoms with van der Waals surface area (Å²) in [6.45, 7) is 1.96. The lowest BCUT2D eigenvalue weighted by Gasteiger charge is -2.11. The molecule has 3 aromatic rings. The van der Waals surface area contributed by atoms with Crippen LogP contribution in [0.2, 0.25) is 5.02 Å². The summed E-state index contributed by atoms with van der Waals surface area (Å²) in [4.78, 5) is 20.9. The third-order valence-corrected chi connectivity index (χ3v) is 4.22. The Labute approximate surface area is 150 Å². The first-order valence-electron chi connectivity index (χ1n) is 7.60. The van der Waals surface area contributed by atoms with Gasteiger partial charge in [-0.2, -0.15) is 0 Å². The fraction of sp³-hybridized carbons (Fsp3) is 0.167. The van der Waals surface area contributed by atoms with E-state index in [1.807, 2.05) is 18.5 Å². The standard InChI is InChI=1S/C18H17ClN4O2/c1-11-10-21-16(23(11)2)14-9-12(6-7-15(14)19)22-17(24)13-5-4-8-20-18(13)25-3/h4-10H,1-3H3,(H,22,24). The first kappa shape index (κ1) is 17.0. The van der Waals surface area contributed by atoms with Gasteiger partial charge in [0.05, 0.1) is 12.1 Å². The zero-order valence-corrected chi connectivity index (χ0v) is 14.8. The van der Waals surface area contributed by atoms with Gasteiger partial charge in [0.1, 0.15) is 11.4 Å². The summed E-state index contributed by atoms with van der Waals surface area (Å²) in [6, 6.07) is 8.60. The molecule has 0 bridgehead atoms. The van der Waals surface area contributed by atoms with Crippen molar-refractivity contribution in [2.45, 2.75) is 6.92 Å². The summed E-state index contributed by atoms with van der Waals surface area (Å²) < 4.78 is 7.07. The van der Waals surface area contributed by atoms with Crippen molar-refractivity contribution in [3.8, 4) is 17.3 Å². The van der Waals surface area contributed by atoms with Crippen LogP contribution < -0.4 is 10.1 Å². The minimum atomic E-state index is -0.311. The summed E-state index contributed by atoms with van der Waals surface area (Å²) in [5.41, 5.74) is 2.72. The topological polar surface area (TPSA) is 69.0 Å². The first-order chi connectivity index (χ1) is 12.0. The van der Waals surface area contributed by atoms with Crippen molar-refractivity contribution in [2.24, 2.45) is 7.05 Å². The average Bonchev–Trinajstić information content (AvgIpc) is 2.95. The molecule has 2 heterocycles. The maximum atomic E-state index is 12.5. The van der Waals surface area contributed by atoms with Crippen LogP contribution in [0.3, 0.4) is 0 Å². The molecule has 1 amide bonds. The quantitative estimate of drug-likeness (QED) is 0.773. The number of rotatable bonds is 4. The zero-order valence-electron chi connectivity index (χ0n) is 14.1. The van der Waals surface area contributed by atoms with Gasteiger partial charge in [-0.15, -0.1) is 0 Å². The Morgan fingerprint density at radius 2 is 2.08 bits per heavy atom. The summed E-state index contributed by atoms with van der Waals surface area (Å²) >= 11 is 6.32. The lowest BCUT2D eigenvalue weighted by atomic mass is 10.1. The molecule has 25 heavy (non-hydrogen) atoms. The summed E-state index contributed by atoms with van der Waals surface area (Å²) in [5, 5.41) is 3.40. The van der Waals surface area contributed by atoms with Gasteiger partial charge in [-0.05, 0) is 37.3 Å². The van der Waals surface area contributed by atoms with E-state index in [4.69, 9.17) is 16.3 Å². The Kier molecular flexibility index (Phi) is 4.72. The molecule has 0 spiro atoms. The summed E-state index contributed by atoms with van der Waals surface area (Å²) in [7, 11) is 3.39. The first-order valence-corrected chi connectivity index (χ1v) is 7.97. The van der Waals surface area contributed by atoms with E-state index >= 15 is 0 Å². The number of imidazole rings is 1. The number of carbonyl (C=O) groups excluding carboxylic acids is 1. The fourth-order valence-corrected chi connectivity index (χ4v) is 2.65. The maximum Gasteiger partial charge on any atom is 0.261 e. The number of aryl methyl sites for hydroxylation is 1. The minimum absolute atomic E-state index is 0.272. The van der Waals surface area contributed by atoms with Crippen molar-refractivity contribution in [1.82, 2.24) is 14.5 Å². The minimum Gasteiger partial charge on any atom is -0.480 e. The number of methoxy groups -OCH3 is 1. The maximum absolute atomic E-state index is 12.5. The highest BCUT2D eigenvalue weighted by Gasteiger charge is 2.15. The van der Waals surface area contributed by atoms with E-state index in [0.29, 0.717) is 16.3 Å². The number of benzene rings is 1. The third-order valence-electron chi connectivity index (χ3n) is 3.89. The molecule has 7 heteroatoms. The Morgan fingerprint density at radius 3 is 2.76 bits per heavy atom. The van der Waals surface area contributed by atoms with Gasteiger partial charge in [-0.25, -0.2) is 9.97 Å². The second-order valence-electron chi connectivity index (χ2n) is 5.49. The average molecular weight is 357 g/mol. The van der Waals surface area contributed by atoms with E-state index in [9.17, 15) is 4.79 Å². The number of hydrogen-bond acceptors (Lipinski definition) is 4. The molecule has 0 aliphatic rings. The number of nitrogens with one attached hydrogen (secondary N) is 1. The van der Waals surface area contributed by atoms with E-state index in [-0.39, 0.29) is 11.8 Å². The van der Waals surface area contributed by atoms with Crippen LogP contribution in [-0.4, -0.2) is 27.6 Å². The highest BCUT2D eigenvalue weighted by atomic mass is 35.5. The second-order valence-corrected chi connectivity index (χ2v) is 5.90. The lowest BCUT2D eigenvalue weighted by molar-refractivity contribution is 0.102. The van der Waals surface area contributed by atoms with E-state index in [2.05, 4.69) is 15.3 Å². The normalized spacial score (nSPS) is 10.6. The van der Waals surface area contributed by atoms with Crippen molar-refractivity contribution in [3.63, 3.8) is 0 Å². The van der Waals surface area contributed by atoms with Crippen LogP contribution in [0.25, 0.3) is 11.4 Å². The van der Waals surface area contributed by atoms with Gasteiger partial charge in [-0.3, -0.25) is 4.79 Å². The molecule has 6 nitrogen and oxygen atoms in total. The number of halogens is 1. The van der Waals surface area contributed by atoms with Crippen LogP contribution in [0.5, 0.6) is 5.88 Å². The van der Waals surface area contributed by atoms with E-state index in [1.54, 1.807) is 42.7 Å². The zero-order chi connectivity index (χ0) is 18.0. The van der Waals surface area contributed by atoms with Crippen molar-refractivity contribution in [1.29, 1.82) is 0 Å². The number of pyridine rings is 1. The van der Waals surface area contributed by atoms with Crippen molar-refractivity contribution in [3.05, 3.63) is 59.0 Å². The number of amides is 1. The molecular weight excluding hydrogens is 340 g/mol. The predicted molar refractivity (Wildman–Crippen MR) is 97.1 cm³/mol. The van der Waals surface area contributed by atoms with Gasteiger partial charge in [-0.1, -0.05) is 11.6 Å². The molecule has 0 unspecified atom stereocenters. The van der Waals surface area contributed by atoms with E-state index in [1.165, 1.54) is 7.11 Å². The highest BCUT2D eigenvalue weighted by molar-refractivity contribution is 6.33. The van der Waals surface area contributed by atoms with Gasteiger partial charge in [0.2, 0.25) is 5.88 Å². The summed E-state index contributed by atoms with van der Waals surface area (Å²) in [6.07, 6.45) is 3.34. The molecule has 0 aliphatic carbocycles. The fourth-order valence-electron chi connectivity index (χ4n) is 2.44. The molecule has 0 fully saturated rings. The number of ether oxygens (including phenoxy) is 1. The summed E-state index contributed by atoms with van der Waals surface area (Å²) in [5.74, 6) is 0.695. The SMILES string of the molecule is COc1ncccc1C(=O)Nc1ccc(Cl)c(-c2ncc(C)n2C)c1. The molecule has 0 radical (unpaired) electrons. The largest absolute Gasteiger partial charge is 0.480 e. The molecule has 3 rings (SSSR count). The Morgan fingerprint density at radius 1 is 1.28 bits per heavy atom. The van der Waals surface area contributed by atoms with Gasteiger partial charge >= 0.3 is 0 Å². The smallest absolute Gasteiger partial charge is 0.261 e. The van der Waals surface area contributed by atoms with E-state index < -0.39 is 0 Å². The monoisotopic (exact) mass is 356 g/mol. The van der Waals surface area contributed by atoms with Crippen LogP contribution in [-0.2, 0) is 7.05 Å². The molecule has 0 saturated carbocycles. The van der Waals surface area contributed by atoms with Crippen LogP contribution in [0.15, 0.2) is 42.7 Å². The number of hydrogen-bond donors (Lipinski definition) is 1. The predicted octanol–water partition coefficient (Wildman–Crippen LogP) is 3.70. The Hall–Kier alpha value is -2.86. The molecule has 0 aliphatic heterocycles. The van der Waals surface area contributed by atoms with Gasteiger partial charge in [0, 0.05) is 36.4 Å². The van der Waals surface area contributed by atoms with Crippen LogP contribution in [0.1, 0.15) is 16.1 Å². The van der Waals surface area contributed by atoms with E-state index in [0.717, 1.165) is 17.1 Å². The van der Waals surface area contributed by atoms with Crippen molar-refractivity contribution >= 4 is 23.2 Å². The van der Waals surface area contributed by atoms with Crippen LogP contribution in [0.4, 0.5) is 5.69 Å². The highest BCUT2D eigenvalue weighted by Crippen LogP contribution is 2.30. The molecule has 0 atom stereocenters. The third kappa shape index (κ3) is 3.34. The second kappa shape index (κ2) is 6.94. The van der Waals surface area contributed by atoms with Crippen LogP contribution in [0, 0.1) is 6.92 Å². The number of carbonyl (C=O) groups is 1. The van der Waals surface area contributed by atoms with Gasteiger partial charge in [0.15, 0.2) is 0 Å². The lowest BCUT2D eigenvalue weighted by Crippen LogP contribution is -2.13. The van der Waals surface area contributed by atoms with Crippen LogP contribution >= 0.6 is 11.6 Å². The number of aromatic nitrogens is 3. The van der Waals surface area contributed by atoms with Gasteiger partial charge < -0.3 is 14.6 Å². The molecule has 128 valence electrons. The Bertz CT molecular complexity index is 937. The molecule has 2 aromatic heterocycles. The van der Waals surface area contributed by atoms with Crippen molar-refractivity contribution < 1.29 is 9.53 Å². The molecule has 1 aromatic carbocycles. The van der Waals surface area contributed by atoms with Crippen molar-refractivity contribution in [2.75, 3.05) is 12.4 Å². The number of anilines is 1. The molecule has 0 saturated heterocycles. The molecular formula is C18H17ClN4O2. The number of nitrogens with zero attached hydrogens (tertiary/aromatic N) is 3.